The van der Waals surface area contributed by atoms with E-state index in [0.717, 1.165) is 38.5 Å². The minimum Gasteiger partial charge on any atom is -0.444 e. The second kappa shape index (κ2) is 8.98. The van der Waals surface area contributed by atoms with Crippen LogP contribution in [0.5, 0.6) is 0 Å². The summed E-state index contributed by atoms with van der Waals surface area (Å²) >= 11 is 0. The molecule has 6 heteroatoms. The van der Waals surface area contributed by atoms with Gasteiger partial charge in [-0.2, -0.15) is 0 Å². The lowest BCUT2D eigenvalue weighted by atomic mass is 10.0. The van der Waals surface area contributed by atoms with Crippen LogP contribution in [0, 0.1) is 6.92 Å². The van der Waals surface area contributed by atoms with Crippen LogP contribution in [-0.2, 0) is 17.8 Å². The fourth-order valence-corrected chi connectivity index (χ4v) is 3.89. The number of aromatic amines is 1. The Morgan fingerprint density at radius 2 is 1.67 bits per heavy atom. The molecule has 0 atom stereocenters. The minimum atomic E-state index is -0.546. The van der Waals surface area contributed by atoms with Crippen LogP contribution < -0.4 is 10.6 Å². The quantitative estimate of drug-likeness (QED) is 0.376. The van der Waals surface area contributed by atoms with Gasteiger partial charge in [0.2, 0.25) is 0 Å². The van der Waals surface area contributed by atoms with Gasteiger partial charge in [-0.25, -0.2) is 4.79 Å². The van der Waals surface area contributed by atoms with Crippen LogP contribution in [0.4, 0.5) is 4.79 Å². The lowest BCUT2D eigenvalue weighted by Gasteiger charge is -2.19. The molecule has 0 bridgehead atoms. The van der Waals surface area contributed by atoms with Gasteiger partial charge in [-0.05, 0) is 67.8 Å². The molecule has 0 spiro atoms. The normalized spacial score (nSPS) is 11.5. The number of nitrogens with one attached hydrogen (secondary N) is 3. The summed E-state index contributed by atoms with van der Waals surface area (Å²) < 4.78 is 5.28. The molecule has 1 heterocycles. The highest BCUT2D eigenvalue weighted by atomic mass is 16.6. The van der Waals surface area contributed by atoms with Gasteiger partial charge < -0.3 is 20.4 Å². The number of ether oxygens (including phenoxy) is 1. The first-order chi connectivity index (χ1) is 15.7. The van der Waals surface area contributed by atoms with Gasteiger partial charge in [0.1, 0.15) is 5.60 Å². The van der Waals surface area contributed by atoms with Gasteiger partial charge in [-0.1, -0.05) is 42.5 Å². The maximum atomic E-state index is 13.0. The van der Waals surface area contributed by atoms with E-state index in [1.54, 1.807) is 0 Å². The maximum Gasteiger partial charge on any atom is 0.407 e. The third-order valence-electron chi connectivity index (χ3n) is 5.41. The third-order valence-corrected chi connectivity index (χ3v) is 5.41. The molecule has 0 aliphatic carbocycles. The maximum absolute atomic E-state index is 13.0. The summed E-state index contributed by atoms with van der Waals surface area (Å²) in [7, 11) is 0. The molecule has 6 nitrogen and oxygen atoms in total. The molecular weight excluding hydrogens is 414 g/mol. The average molecular weight is 444 g/mol. The van der Waals surface area contributed by atoms with Crippen molar-refractivity contribution in [3.05, 3.63) is 83.0 Å². The number of fused-ring (bicyclic) bond motifs is 2. The minimum absolute atomic E-state index is 0.120. The zero-order valence-electron chi connectivity index (χ0n) is 19.4. The number of H-pyrrole nitrogens is 1. The zero-order valence-corrected chi connectivity index (χ0v) is 19.4. The predicted molar refractivity (Wildman–Crippen MR) is 131 cm³/mol. The predicted octanol–water partition coefficient (Wildman–Crippen LogP) is 5.58. The van der Waals surface area contributed by atoms with E-state index in [-0.39, 0.29) is 5.91 Å². The van der Waals surface area contributed by atoms with Crippen molar-refractivity contribution >= 4 is 33.7 Å². The van der Waals surface area contributed by atoms with Gasteiger partial charge in [0.15, 0.2) is 0 Å². The molecule has 0 fully saturated rings. The topological polar surface area (TPSA) is 83.2 Å². The Kier molecular flexibility index (Phi) is 6.09. The van der Waals surface area contributed by atoms with Crippen LogP contribution in [0.15, 0.2) is 60.7 Å². The second-order valence-electron chi connectivity index (χ2n) is 9.23. The molecule has 3 N–H and O–H groups in total. The molecule has 4 rings (SSSR count). The first-order valence-corrected chi connectivity index (χ1v) is 11.0. The number of carbonyl (C=O) groups excluding carboxylic acids is 2. The molecule has 0 aliphatic heterocycles. The molecule has 1 aromatic heterocycles. The number of hydrogen-bond donors (Lipinski definition) is 3. The van der Waals surface area contributed by atoms with Crippen molar-refractivity contribution < 1.29 is 14.3 Å². The van der Waals surface area contributed by atoms with E-state index in [4.69, 9.17) is 4.74 Å². The average Bonchev–Trinajstić information content (AvgIpc) is 3.16. The highest BCUT2D eigenvalue weighted by Crippen LogP contribution is 2.22. The number of amides is 2. The number of rotatable bonds is 5. The molecule has 33 heavy (non-hydrogen) atoms. The summed E-state index contributed by atoms with van der Waals surface area (Å²) in [6.07, 6.45) is -0.467. The number of aryl methyl sites for hydroxylation is 1. The Hall–Kier alpha value is -3.80. The lowest BCUT2D eigenvalue weighted by Crippen LogP contribution is -2.32. The van der Waals surface area contributed by atoms with E-state index in [2.05, 4.69) is 33.8 Å². The SMILES string of the molecule is Cc1cc2cc(CNC(=O)OC(C)(C)C)[nH]c2cc1C(=O)NCc1cccc2ccccc12. The number of aromatic nitrogens is 1. The molecule has 0 aliphatic rings. The number of hydrogen-bond acceptors (Lipinski definition) is 3. The molecule has 0 unspecified atom stereocenters. The largest absolute Gasteiger partial charge is 0.444 e. The molecule has 0 saturated carbocycles. The smallest absolute Gasteiger partial charge is 0.407 e. The van der Waals surface area contributed by atoms with Crippen molar-refractivity contribution in [3.8, 4) is 0 Å². The highest BCUT2D eigenvalue weighted by Gasteiger charge is 2.16. The summed E-state index contributed by atoms with van der Waals surface area (Å²) in [5, 5.41) is 9.08. The first-order valence-electron chi connectivity index (χ1n) is 11.0. The van der Waals surface area contributed by atoms with Crippen molar-refractivity contribution in [3.63, 3.8) is 0 Å². The van der Waals surface area contributed by atoms with Gasteiger partial charge >= 0.3 is 6.09 Å². The molecule has 3 aromatic carbocycles. The Labute approximate surface area is 193 Å². The monoisotopic (exact) mass is 443 g/mol. The molecule has 0 saturated heterocycles. The highest BCUT2D eigenvalue weighted by molar-refractivity contribution is 6.00. The van der Waals surface area contributed by atoms with Crippen molar-refractivity contribution in [2.75, 3.05) is 0 Å². The second-order valence-corrected chi connectivity index (χ2v) is 9.23. The summed E-state index contributed by atoms with van der Waals surface area (Å²) in [6.45, 7) is 8.16. The van der Waals surface area contributed by atoms with E-state index < -0.39 is 11.7 Å². The van der Waals surface area contributed by atoms with Crippen LogP contribution in [0.25, 0.3) is 21.7 Å². The fraction of sp³-hybridized carbons (Fsp3) is 0.259. The molecular formula is C27H29N3O3. The Morgan fingerprint density at radius 3 is 2.45 bits per heavy atom. The van der Waals surface area contributed by atoms with Gasteiger partial charge in [-0.15, -0.1) is 0 Å². The van der Waals surface area contributed by atoms with Crippen LogP contribution in [0.1, 0.15) is 48.0 Å². The zero-order chi connectivity index (χ0) is 23.6. The van der Waals surface area contributed by atoms with E-state index in [1.807, 2.05) is 70.2 Å². The van der Waals surface area contributed by atoms with Crippen LogP contribution in [0.2, 0.25) is 0 Å². The fourth-order valence-electron chi connectivity index (χ4n) is 3.89. The van der Waals surface area contributed by atoms with Crippen LogP contribution in [0.3, 0.4) is 0 Å². The summed E-state index contributed by atoms with van der Waals surface area (Å²) in [6, 6.07) is 20.1. The van der Waals surface area contributed by atoms with Gasteiger partial charge in [0.25, 0.3) is 5.91 Å². The Bertz CT molecular complexity index is 1330. The number of carbonyl (C=O) groups is 2. The van der Waals surface area contributed by atoms with E-state index in [1.165, 1.54) is 0 Å². The molecule has 2 amide bonds. The van der Waals surface area contributed by atoms with Crippen molar-refractivity contribution in [1.29, 1.82) is 0 Å². The van der Waals surface area contributed by atoms with E-state index in [0.29, 0.717) is 18.7 Å². The first kappa shape index (κ1) is 22.4. The summed E-state index contributed by atoms with van der Waals surface area (Å²) in [5.74, 6) is -0.120. The van der Waals surface area contributed by atoms with Crippen LogP contribution >= 0.6 is 0 Å². The van der Waals surface area contributed by atoms with Crippen LogP contribution in [-0.4, -0.2) is 22.6 Å². The van der Waals surface area contributed by atoms with E-state index >= 15 is 0 Å². The van der Waals surface area contributed by atoms with Gasteiger partial charge in [-0.3, -0.25) is 4.79 Å². The number of alkyl carbamates (subject to hydrolysis) is 1. The van der Waals surface area contributed by atoms with E-state index in [9.17, 15) is 9.59 Å². The lowest BCUT2D eigenvalue weighted by molar-refractivity contribution is 0.0523. The van der Waals surface area contributed by atoms with Crippen molar-refractivity contribution in [2.45, 2.75) is 46.4 Å². The molecule has 4 aromatic rings. The Balaban J connectivity index is 1.46. The van der Waals surface area contributed by atoms with Crippen molar-refractivity contribution in [1.82, 2.24) is 15.6 Å². The Morgan fingerprint density at radius 1 is 0.909 bits per heavy atom. The standard InChI is InChI=1S/C27H29N3O3/c1-17-12-20-13-21(16-29-26(32)33-27(2,3)4)30-24(20)14-23(17)25(31)28-15-19-10-7-9-18-8-5-6-11-22(18)19/h5-14,30H,15-16H2,1-4H3,(H,28,31)(H,29,32). The third kappa shape index (κ3) is 5.34. The molecule has 0 radical (unpaired) electrons. The van der Waals surface area contributed by atoms with Gasteiger partial charge in [0, 0.05) is 28.7 Å². The van der Waals surface area contributed by atoms with Crippen molar-refractivity contribution in [2.24, 2.45) is 0 Å². The number of benzene rings is 3. The molecule has 170 valence electrons. The van der Waals surface area contributed by atoms with Gasteiger partial charge in [0.05, 0.1) is 6.54 Å². The summed E-state index contributed by atoms with van der Waals surface area (Å²) in [4.78, 5) is 28.2. The summed E-state index contributed by atoms with van der Waals surface area (Å²) in [5.41, 5.74) is 3.73.